The molecule has 0 bridgehead atoms. The molecule has 0 spiro atoms. The van der Waals surface area contributed by atoms with Gasteiger partial charge in [0, 0.05) is 19.8 Å². The smallest absolute Gasteiger partial charge is 0.311 e. The van der Waals surface area contributed by atoms with Crippen molar-refractivity contribution in [1.82, 2.24) is 5.32 Å². The highest BCUT2D eigenvalue weighted by atomic mass is 16.5. The summed E-state index contributed by atoms with van der Waals surface area (Å²) >= 11 is 0. The lowest BCUT2D eigenvalue weighted by Crippen LogP contribution is -2.46. The molecule has 0 aromatic heterocycles. The fraction of sp³-hybridized carbons (Fsp3) is 0.556. The van der Waals surface area contributed by atoms with Gasteiger partial charge in [-0.05, 0) is 38.3 Å². The van der Waals surface area contributed by atoms with Gasteiger partial charge in [0.25, 0.3) is 0 Å². The van der Waals surface area contributed by atoms with Crippen LogP contribution in [0.1, 0.15) is 30.4 Å². The van der Waals surface area contributed by atoms with E-state index in [2.05, 4.69) is 5.32 Å². The number of aliphatic carboxylic acids is 1. The number of nitrogens with one attached hydrogen (secondary N) is 1. The van der Waals surface area contributed by atoms with Crippen molar-refractivity contribution in [3.05, 3.63) is 29.3 Å². The number of ether oxygens (including phenoxy) is 2. The molecule has 24 heavy (non-hydrogen) atoms. The van der Waals surface area contributed by atoms with E-state index in [0.29, 0.717) is 26.1 Å². The van der Waals surface area contributed by atoms with Gasteiger partial charge in [0.1, 0.15) is 5.75 Å². The van der Waals surface area contributed by atoms with E-state index in [1.54, 1.807) is 0 Å². The second kappa shape index (κ2) is 8.15. The lowest BCUT2D eigenvalue weighted by Gasteiger charge is -2.33. The first-order valence-corrected chi connectivity index (χ1v) is 8.21. The van der Waals surface area contributed by atoms with Gasteiger partial charge in [-0.2, -0.15) is 0 Å². The number of hydrogen-bond donors (Lipinski definition) is 2. The largest absolute Gasteiger partial charge is 0.493 e. The summed E-state index contributed by atoms with van der Waals surface area (Å²) < 4.78 is 10.8. The van der Waals surface area contributed by atoms with Gasteiger partial charge in [-0.1, -0.05) is 17.7 Å². The number of aryl methyl sites for hydroxylation is 2. The molecule has 1 aromatic rings. The number of carbonyl (C=O) groups is 2. The molecule has 1 aromatic carbocycles. The van der Waals surface area contributed by atoms with E-state index in [1.807, 2.05) is 32.0 Å². The Hall–Kier alpha value is -2.08. The van der Waals surface area contributed by atoms with E-state index < -0.39 is 11.4 Å². The molecule has 1 aliphatic heterocycles. The van der Waals surface area contributed by atoms with Gasteiger partial charge in [0.05, 0.1) is 18.4 Å². The van der Waals surface area contributed by atoms with Crippen LogP contribution in [-0.4, -0.2) is 43.3 Å². The van der Waals surface area contributed by atoms with Crippen molar-refractivity contribution < 1.29 is 24.2 Å². The molecule has 1 aliphatic rings. The van der Waals surface area contributed by atoms with Crippen LogP contribution >= 0.6 is 0 Å². The molecular weight excluding hydrogens is 310 g/mol. The Morgan fingerprint density at radius 3 is 2.62 bits per heavy atom. The van der Waals surface area contributed by atoms with Gasteiger partial charge < -0.3 is 19.9 Å². The number of carbonyl (C=O) groups excluding carboxylic acids is 1. The molecule has 132 valence electrons. The minimum absolute atomic E-state index is 0.133. The number of carboxylic acid groups (broad SMARTS) is 1. The standard InChI is InChI=1S/C18H25NO5/c1-13-3-4-15(14(2)11-13)24-8-5-16(20)19-12-18(17(21)22)6-9-23-10-7-18/h3-4,11H,5-10,12H2,1-2H3,(H,19,20)(H,21,22). The molecule has 2 rings (SSSR count). The first kappa shape index (κ1) is 18.3. The van der Waals surface area contributed by atoms with Crippen molar-refractivity contribution in [2.45, 2.75) is 33.1 Å². The summed E-state index contributed by atoms with van der Waals surface area (Å²) in [7, 11) is 0. The average Bonchev–Trinajstić information content (AvgIpc) is 2.56. The van der Waals surface area contributed by atoms with Crippen LogP contribution in [0.2, 0.25) is 0 Å². The summed E-state index contributed by atoms with van der Waals surface area (Å²) in [6.45, 7) is 5.20. The third-order valence-electron chi connectivity index (χ3n) is 4.44. The van der Waals surface area contributed by atoms with Crippen LogP contribution in [0.15, 0.2) is 18.2 Å². The molecule has 0 radical (unpaired) electrons. The highest BCUT2D eigenvalue weighted by Gasteiger charge is 2.40. The third kappa shape index (κ3) is 4.71. The summed E-state index contributed by atoms with van der Waals surface area (Å²) in [5, 5.41) is 12.2. The van der Waals surface area contributed by atoms with Gasteiger partial charge in [0.15, 0.2) is 0 Å². The second-order valence-electron chi connectivity index (χ2n) is 6.34. The summed E-state index contributed by atoms with van der Waals surface area (Å²) in [6, 6.07) is 5.88. The van der Waals surface area contributed by atoms with Crippen molar-refractivity contribution in [1.29, 1.82) is 0 Å². The van der Waals surface area contributed by atoms with Crippen molar-refractivity contribution in [3.63, 3.8) is 0 Å². The predicted molar refractivity (Wildman–Crippen MR) is 89.2 cm³/mol. The Kier molecular flexibility index (Phi) is 6.20. The second-order valence-corrected chi connectivity index (χ2v) is 6.34. The van der Waals surface area contributed by atoms with Gasteiger partial charge in [0.2, 0.25) is 5.91 Å². The molecule has 1 heterocycles. The molecule has 2 N–H and O–H groups in total. The Morgan fingerprint density at radius 1 is 1.29 bits per heavy atom. The minimum Gasteiger partial charge on any atom is -0.493 e. The number of amides is 1. The maximum Gasteiger partial charge on any atom is 0.311 e. The fourth-order valence-corrected chi connectivity index (χ4v) is 2.80. The summed E-state index contributed by atoms with van der Waals surface area (Å²) in [6.07, 6.45) is 1.03. The van der Waals surface area contributed by atoms with Crippen LogP contribution in [0, 0.1) is 19.3 Å². The molecule has 0 atom stereocenters. The Morgan fingerprint density at radius 2 is 2.00 bits per heavy atom. The molecule has 1 fully saturated rings. The van der Waals surface area contributed by atoms with Crippen LogP contribution in [-0.2, 0) is 14.3 Å². The van der Waals surface area contributed by atoms with Crippen LogP contribution in [0.4, 0.5) is 0 Å². The topological polar surface area (TPSA) is 84.9 Å². The van der Waals surface area contributed by atoms with E-state index >= 15 is 0 Å². The molecule has 1 amide bonds. The van der Waals surface area contributed by atoms with Gasteiger partial charge >= 0.3 is 5.97 Å². The lowest BCUT2D eigenvalue weighted by molar-refractivity contribution is -0.154. The monoisotopic (exact) mass is 335 g/mol. The zero-order valence-corrected chi connectivity index (χ0v) is 14.3. The Bertz CT molecular complexity index is 593. The quantitative estimate of drug-likeness (QED) is 0.797. The van der Waals surface area contributed by atoms with Crippen LogP contribution in [0.25, 0.3) is 0 Å². The third-order valence-corrected chi connectivity index (χ3v) is 4.44. The van der Waals surface area contributed by atoms with E-state index in [0.717, 1.165) is 16.9 Å². The van der Waals surface area contributed by atoms with E-state index in [-0.39, 0.29) is 25.5 Å². The lowest BCUT2D eigenvalue weighted by atomic mass is 9.80. The normalized spacial score (nSPS) is 16.4. The number of benzene rings is 1. The predicted octanol–water partition coefficient (Wildman–Crippen LogP) is 2.07. The molecule has 1 saturated heterocycles. The number of carboxylic acids is 1. The van der Waals surface area contributed by atoms with Crippen LogP contribution in [0.5, 0.6) is 5.75 Å². The first-order chi connectivity index (χ1) is 11.4. The van der Waals surface area contributed by atoms with Crippen molar-refractivity contribution in [2.24, 2.45) is 5.41 Å². The van der Waals surface area contributed by atoms with Gasteiger partial charge in [-0.15, -0.1) is 0 Å². The Balaban J connectivity index is 1.77. The van der Waals surface area contributed by atoms with E-state index in [1.165, 1.54) is 0 Å². The average molecular weight is 335 g/mol. The highest BCUT2D eigenvalue weighted by molar-refractivity contribution is 5.79. The molecule has 0 saturated carbocycles. The molecule has 0 unspecified atom stereocenters. The van der Waals surface area contributed by atoms with Crippen molar-refractivity contribution in [2.75, 3.05) is 26.4 Å². The molecular formula is C18H25NO5. The highest BCUT2D eigenvalue weighted by Crippen LogP contribution is 2.30. The Labute approximate surface area is 142 Å². The van der Waals surface area contributed by atoms with Gasteiger partial charge in [-0.3, -0.25) is 9.59 Å². The van der Waals surface area contributed by atoms with Crippen molar-refractivity contribution >= 4 is 11.9 Å². The van der Waals surface area contributed by atoms with E-state index in [4.69, 9.17) is 9.47 Å². The fourth-order valence-electron chi connectivity index (χ4n) is 2.80. The maximum absolute atomic E-state index is 12.0. The molecule has 0 aliphatic carbocycles. The van der Waals surface area contributed by atoms with Crippen LogP contribution in [0.3, 0.4) is 0 Å². The SMILES string of the molecule is Cc1ccc(OCCC(=O)NCC2(C(=O)O)CCOCC2)c(C)c1. The maximum atomic E-state index is 12.0. The summed E-state index contributed by atoms with van der Waals surface area (Å²) in [5.74, 6) is -0.315. The van der Waals surface area contributed by atoms with Crippen molar-refractivity contribution in [3.8, 4) is 5.75 Å². The summed E-state index contributed by atoms with van der Waals surface area (Å²) in [4.78, 5) is 23.5. The number of hydrogen-bond acceptors (Lipinski definition) is 4. The van der Waals surface area contributed by atoms with E-state index in [9.17, 15) is 14.7 Å². The minimum atomic E-state index is -0.914. The van der Waals surface area contributed by atoms with Gasteiger partial charge in [-0.25, -0.2) is 0 Å². The van der Waals surface area contributed by atoms with Crippen LogP contribution < -0.4 is 10.1 Å². The summed E-state index contributed by atoms with van der Waals surface area (Å²) in [5.41, 5.74) is 1.28. The zero-order valence-electron chi connectivity index (χ0n) is 14.3. The zero-order chi connectivity index (χ0) is 17.6. The molecule has 6 heteroatoms. The molecule has 6 nitrogen and oxygen atoms in total. The first-order valence-electron chi connectivity index (χ1n) is 8.21. The number of rotatable bonds is 7.